The molecular formula is C16H20N4O4. The van der Waals surface area contributed by atoms with Crippen LogP contribution in [0.25, 0.3) is 0 Å². The fourth-order valence-corrected chi connectivity index (χ4v) is 2.85. The van der Waals surface area contributed by atoms with Crippen LogP contribution in [0.3, 0.4) is 0 Å². The van der Waals surface area contributed by atoms with E-state index in [1.54, 1.807) is 17.3 Å². The number of nitrogens with zero attached hydrogens (tertiary/aromatic N) is 3. The lowest BCUT2D eigenvalue weighted by molar-refractivity contribution is -0.138. The van der Waals surface area contributed by atoms with Crippen molar-refractivity contribution < 1.29 is 19.1 Å². The predicted octanol–water partition coefficient (Wildman–Crippen LogP) is 0.141. The van der Waals surface area contributed by atoms with Gasteiger partial charge in [-0.2, -0.15) is 0 Å². The number of hydrogen-bond donors (Lipinski definition) is 1. The van der Waals surface area contributed by atoms with Gasteiger partial charge in [-0.05, 0) is 30.5 Å². The summed E-state index contributed by atoms with van der Waals surface area (Å²) in [5.74, 6) is -0.651. The minimum Gasteiger partial charge on any atom is -0.376 e. The second-order valence-corrected chi connectivity index (χ2v) is 5.90. The minimum absolute atomic E-state index is 0.00102. The van der Waals surface area contributed by atoms with Crippen LogP contribution < -0.4 is 5.32 Å². The van der Waals surface area contributed by atoms with Gasteiger partial charge in [0.2, 0.25) is 5.91 Å². The Morgan fingerprint density at radius 1 is 1.38 bits per heavy atom. The van der Waals surface area contributed by atoms with Crippen LogP contribution >= 0.6 is 0 Å². The molecule has 1 aromatic heterocycles. The van der Waals surface area contributed by atoms with Crippen molar-refractivity contribution in [3.05, 3.63) is 30.1 Å². The van der Waals surface area contributed by atoms with E-state index in [0.717, 1.165) is 23.3 Å². The van der Waals surface area contributed by atoms with Crippen LogP contribution in [0.15, 0.2) is 24.5 Å². The lowest BCUT2D eigenvalue weighted by atomic mass is 10.2. The number of amides is 4. The average molecular weight is 332 g/mol. The average Bonchev–Trinajstić information content (AvgIpc) is 3.20. The molecule has 0 aliphatic carbocycles. The van der Waals surface area contributed by atoms with Gasteiger partial charge in [0.15, 0.2) is 0 Å². The third-order valence-electron chi connectivity index (χ3n) is 4.15. The molecule has 1 atom stereocenters. The molecule has 0 unspecified atom stereocenters. The van der Waals surface area contributed by atoms with Gasteiger partial charge in [-0.3, -0.25) is 19.5 Å². The van der Waals surface area contributed by atoms with Crippen molar-refractivity contribution in [1.29, 1.82) is 0 Å². The smallest absolute Gasteiger partial charge is 0.325 e. The number of imide groups is 1. The molecule has 0 spiro atoms. The van der Waals surface area contributed by atoms with E-state index in [9.17, 15) is 14.4 Å². The van der Waals surface area contributed by atoms with E-state index < -0.39 is 6.03 Å². The zero-order valence-corrected chi connectivity index (χ0v) is 13.3. The first kappa shape index (κ1) is 16.4. The first-order chi connectivity index (χ1) is 11.6. The minimum atomic E-state index is -0.519. The molecule has 24 heavy (non-hydrogen) atoms. The van der Waals surface area contributed by atoms with Crippen molar-refractivity contribution >= 4 is 17.8 Å². The van der Waals surface area contributed by atoms with Gasteiger partial charge >= 0.3 is 6.03 Å². The zero-order valence-electron chi connectivity index (χ0n) is 13.3. The van der Waals surface area contributed by atoms with Crippen LogP contribution in [0.5, 0.6) is 0 Å². The van der Waals surface area contributed by atoms with E-state index in [2.05, 4.69) is 10.3 Å². The molecular weight excluding hydrogens is 312 g/mol. The summed E-state index contributed by atoms with van der Waals surface area (Å²) in [5.41, 5.74) is 0.938. The lowest BCUT2D eigenvalue weighted by Crippen LogP contribution is -2.45. The lowest BCUT2D eigenvalue weighted by Gasteiger charge is -2.27. The molecule has 0 radical (unpaired) electrons. The van der Waals surface area contributed by atoms with Gasteiger partial charge in [0.25, 0.3) is 5.91 Å². The number of rotatable bonds is 6. The number of ether oxygens (including phenoxy) is 1. The summed E-state index contributed by atoms with van der Waals surface area (Å²) in [6.07, 6.45) is 5.22. The zero-order chi connectivity index (χ0) is 16.9. The molecule has 0 aromatic carbocycles. The summed E-state index contributed by atoms with van der Waals surface area (Å²) in [4.78, 5) is 42.6. The summed E-state index contributed by atoms with van der Waals surface area (Å²) < 4.78 is 5.62. The summed E-state index contributed by atoms with van der Waals surface area (Å²) in [6, 6.07) is 3.15. The van der Waals surface area contributed by atoms with Crippen molar-refractivity contribution in [3.8, 4) is 0 Å². The number of carbonyl (C=O) groups is 3. The number of carbonyl (C=O) groups excluding carboxylic acids is 3. The van der Waals surface area contributed by atoms with Crippen molar-refractivity contribution in [2.45, 2.75) is 25.5 Å². The molecule has 2 aliphatic rings. The Kier molecular flexibility index (Phi) is 5.05. The number of urea groups is 1. The van der Waals surface area contributed by atoms with Gasteiger partial charge in [0.1, 0.15) is 6.54 Å². The number of nitrogens with one attached hydrogen (secondary N) is 1. The summed E-state index contributed by atoms with van der Waals surface area (Å²) in [6.45, 7) is 1.25. The maximum Gasteiger partial charge on any atom is 0.325 e. The Bertz CT molecular complexity index is 600. The molecule has 3 rings (SSSR count). The van der Waals surface area contributed by atoms with E-state index in [-0.39, 0.29) is 31.0 Å². The molecule has 2 fully saturated rings. The Hall–Kier alpha value is -2.48. The Morgan fingerprint density at radius 2 is 2.17 bits per heavy atom. The van der Waals surface area contributed by atoms with Crippen LogP contribution in [-0.2, 0) is 20.9 Å². The van der Waals surface area contributed by atoms with Gasteiger partial charge in [-0.1, -0.05) is 0 Å². The number of aromatic nitrogens is 1. The van der Waals surface area contributed by atoms with E-state index in [0.29, 0.717) is 19.7 Å². The Balaban J connectivity index is 1.68. The molecule has 8 nitrogen and oxygen atoms in total. The van der Waals surface area contributed by atoms with Gasteiger partial charge in [0.05, 0.1) is 12.6 Å². The maximum absolute atomic E-state index is 12.7. The fraction of sp³-hybridized carbons (Fsp3) is 0.500. The number of pyridine rings is 1. The maximum atomic E-state index is 12.7. The van der Waals surface area contributed by atoms with Crippen LogP contribution in [0, 0.1) is 0 Å². The van der Waals surface area contributed by atoms with E-state index >= 15 is 0 Å². The number of hydrogen-bond acceptors (Lipinski definition) is 5. The SMILES string of the molecule is O=C(CN1C(=O)CNC1=O)N(Cc1ccncc1)C[C@H]1CCCO1. The van der Waals surface area contributed by atoms with Crippen molar-refractivity contribution in [2.24, 2.45) is 0 Å². The standard InChI is InChI=1S/C16H20N4O4/c21-14-8-18-16(23)20(14)11-15(22)19(10-13-2-1-7-24-13)9-12-3-5-17-6-4-12/h3-6,13H,1-2,7-11H2,(H,18,23)/t13-/m1/s1. The van der Waals surface area contributed by atoms with E-state index in [4.69, 9.17) is 4.74 Å². The van der Waals surface area contributed by atoms with Crippen LogP contribution in [0.2, 0.25) is 0 Å². The summed E-state index contributed by atoms with van der Waals surface area (Å²) in [7, 11) is 0. The van der Waals surface area contributed by atoms with E-state index in [1.165, 1.54) is 0 Å². The molecule has 0 bridgehead atoms. The van der Waals surface area contributed by atoms with Crippen LogP contribution in [0.1, 0.15) is 18.4 Å². The van der Waals surface area contributed by atoms with Crippen LogP contribution in [0.4, 0.5) is 4.79 Å². The first-order valence-corrected chi connectivity index (χ1v) is 8.00. The molecule has 2 aliphatic heterocycles. The molecule has 0 saturated carbocycles. The highest BCUT2D eigenvalue weighted by atomic mass is 16.5. The Morgan fingerprint density at radius 3 is 2.79 bits per heavy atom. The highest BCUT2D eigenvalue weighted by Crippen LogP contribution is 2.15. The topological polar surface area (TPSA) is 91.8 Å². The quantitative estimate of drug-likeness (QED) is 0.748. The van der Waals surface area contributed by atoms with Crippen molar-refractivity contribution in [2.75, 3.05) is 26.2 Å². The molecule has 2 saturated heterocycles. The molecule has 3 heterocycles. The van der Waals surface area contributed by atoms with Crippen molar-refractivity contribution in [1.82, 2.24) is 20.1 Å². The second kappa shape index (κ2) is 7.39. The summed E-state index contributed by atoms with van der Waals surface area (Å²) >= 11 is 0. The third kappa shape index (κ3) is 3.88. The van der Waals surface area contributed by atoms with E-state index in [1.807, 2.05) is 12.1 Å². The monoisotopic (exact) mass is 332 g/mol. The molecule has 4 amide bonds. The molecule has 1 N–H and O–H groups in total. The van der Waals surface area contributed by atoms with Crippen molar-refractivity contribution in [3.63, 3.8) is 0 Å². The van der Waals surface area contributed by atoms with Crippen LogP contribution in [-0.4, -0.2) is 65.0 Å². The van der Waals surface area contributed by atoms with Gasteiger partial charge in [-0.15, -0.1) is 0 Å². The molecule has 128 valence electrons. The predicted molar refractivity (Wildman–Crippen MR) is 83.7 cm³/mol. The highest BCUT2D eigenvalue weighted by Gasteiger charge is 2.32. The highest BCUT2D eigenvalue weighted by molar-refractivity contribution is 6.04. The molecule has 1 aromatic rings. The normalized spacial score (nSPS) is 20.3. The first-order valence-electron chi connectivity index (χ1n) is 8.00. The second-order valence-electron chi connectivity index (χ2n) is 5.90. The molecule has 8 heteroatoms. The Labute approximate surface area is 139 Å². The largest absolute Gasteiger partial charge is 0.376 e. The van der Waals surface area contributed by atoms with Gasteiger partial charge in [-0.25, -0.2) is 4.79 Å². The summed E-state index contributed by atoms with van der Waals surface area (Å²) in [5, 5.41) is 2.42. The van der Waals surface area contributed by atoms with Gasteiger partial charge < -0.3 is 15.0 Å². The van der Waals surface area contributed by atoms with Gasteiger partial charge in [0, 0.05) is 32.1 Å². The fourth-order valence-electron chi connectivity index (χ4n) is 2.85. The third-order valence-corrected chi connectivity index (χ3v) is 4.15.